The highest BCUT2D eigenvalue weighted by Crippen LogP contribution is 2.29. The first-order chi connectivity index (χ1) is 15.7. The monoisotopic (exact) mass is 479 g/mol. The number of nitrogens with zero attached hydrogens (tertiary/aromatic N) is 5. The average molecular weight is 479 g/mol. The third kappa shape index (κ3) is 7.27. The number of carbonyl (C=O) groups excluding carboxylic acids is 2. The van der Waals surface area contributed by atoms with Crippen LogP contribution in [0.3, 0.4) is 0 Å². The summed E-state index contributed by atoms with van der Waals surface area (Å²) in [5, 5.41) is 22.0. The van der Waals surface area contributed by atoms with Crippen molar-refractivity contribution in [2.45, 2.75) is 38.3 Å². The normalized spacial score (nSPS) is 11.3. The summed E-state index contributed by atoms with van der Waals surface area (Å²) >= 11 is 1.26. The second-order valence-corrected chi connectivity index (χ2v) is 8.02. The van der Waals surface area contributed by atoms with Gasteiger partial charge in [-0.1, -0.05) is 11.3 Å². The fourth-order valence-corrected chi connectivity index (χ4v) is 3.63. The zero-order valence-corrected chi connectivity index (χ0v) is 18.3. The molecule has 0 fully saturated rings. The highest BCUT2D eigenvalue weighted by molar-refractivity contribution is 7.13. The molecular formula is C20H20F3N7O2S. The minimum absolute atomic E-state index is 0.00442. The summed E-state index contributed by atoms with van der Waals surface area (Å²) in [4.78, 5) is 27.4. The van der Waals surface area contributed by atoms with Crippen molar-refractivity contribution >= 4 is 29.0 Å². The molecule has 0 aliphatic rings. The maximum atomic E-state index is 12.8. The Kier molecular flexibility index (Phi) is 7.98. The molecule has 0 unspecified atom stereocenters. The summed E-state index contributed by atoms with van der Waals surface area (Å²) < 4.78 is 38.3. The Labute approximate surface area is 190 Å². The van der Waals surface area contributed by atoms with Gasteiger partial charge in [0.15, 0.2) is 5.82 Å². The fraction of sp³-hybridized carbons (Fsp3) is 0.350. The molecule has 9 nitrogen and oxygen atoms in total. The minimum atomic E-state index is -4.50. The molecule has 3 rings (SSSR count). The third-order valence-corrected chi connectivity index (χ3v) is 5.42. The Hall–Kier alpha value is -3.48. The first-order valence-electron chi connectivity index (χ1n) is 9.93. The Balaban J connectivity index is 1.43. The predicted octanol–water partition coefficient (Wildman–Crippen LogP) is 2.85. The van der Waals surface area contributed by atoms with Crippen molar-refractivity contribution in [3.05, 3.63) is 57.4 Å². The molecule has 3 aromatic rings. The zero-order valence-electron chi connectivity index (χ0n) is 17.5. The average Bonchev–Trinajstić information content (AvgIpc) is 3.26. The van der Waals surface area contributed by atoms with Gasteiger partial charge >= 0.3 is 6.18 Å². The van der Waals surface area contributed by atoms with Gasteiger partial charge < -0.3 is 10.6 Å². The number of aromatic nitrogens is 5. The second kappa shape index (κ2) is 10.9. The molecule has 0 bridgehead atoms. The van der Waals surface area contributed by atoms with Crippen molar-refractivity contribution in [2.75, 3.05) is 12.4 Å². The number of anilines is 1. The molecule has 33 heavy (non-hydrogen) atoms. The minimum Gasteiger partial charge on any atom is -0.353 e. The largest absolute Gasteiger partial charge is 0.416 e. The fourth-order valence-electron chi connectivity index (χ4n) is 2.80. The number of rotatable bonds is 9. The number of halogens is 3. The number of nitrogens with one attached hydrogen (secondary N) is 2. The van der Waals surface area contributed by atoms with Gasteiger partial charge in [0.2, 0.25) is 10.9 Å². The summed E-state index contributed by atoms with van der Waals surface area (Å²) in [6.45, 7) is 0. The lowest BCUT2D eigenvalue weighted by Gasteiger charge is -2.08. The van der Waals surface area contributed by atoms with Crippen LogP contribution in [-0.2, 0) is 30.2 Å². The maximum absolute atomic E-state index is 12.8. The van der Waals surface area contributed by atoms with Crippen molar-refractivity contribution in [1.82, 2.24) is 30.7 Å². The highest BCUT2D eigenvalue weighted by atomic mass is 32.1. The van der Waals surface area contributed by atoms with Gasteiger partial charge in [-0.25, -0.2) is 0 Å². The van der Waals surface area contributed by atoms with Crippen LogP contribution >= 0.6 is 11.3 Å². The standard InChI is InChI=1S/C20H20F3N7O2S/c1-24-18(32)19-30-29-17(33-19)5-3-2-4-13-6-7-15(28-27-13)26-16(31)11-14-10-12(8-9-25-14)20(21,22)23/h6-10H,2-5,11H2,1H3,(H,24,32)(H,26,28,31). The van der Waals surface area contributed by atoms with Gasteiger partial charge in [0.05, 0.1) is 23.4 Å². The summed E-state index contributed by atoms with van der Waals surface area (Å²) in [5.74, 6) is -0.601. The van der Waals surface area contributed by atoms with Gasteiger partial charge in [0.25, 0.3) is 5.91 Å². The highest BCUT2D eigenvalue weighted by Gasteiger charge is 2.30. The molecule has 2 amide bonds. The molecule has 2 N–H and O–H groups in total. The first kappa shape index (κ1) is 24.2. The Morgan fingerprint density at radius 1 is 1.00 bits per heavy atom. The van der Waals surface area contributed by atoms with Crippen LogP contribution in [0.2, 0.25) is 0 Å². The van der Waals surface area contributed by atoms with Crippen molar-refractivity contribution in [2.24, 2.45) is 0 Å². The van der Waals surface area contributed by atoms with Crippen LogP contribution in [0, 0.1) is 0 Å². The maximum Gasteiger partial charge on any atom is 0.416 e. The number of unbranched alkanes of at least 4 members (excludes halogenated alkanes) is 1. The van der Waals surface area contributed by atoms with E-state index in [1.54, 1.807) is 12.1 Å². The van der Waals surface area contributed by atoms with E-state index in [-0.39, 0.29) is 23.8 Å². The molecule has 0 atom stereocenters. The molecule has 0 aliphatic carbocycles. The lowest BCUT2D eigenvalue weighted by Crippen LogP contribution is -2.17. The SMILES string of the molecule is CNC(=O)c1nnc(CCCCc2ccc(NC(=O)Cc3cc(C(F)(F)F)ccn3)nn2)s1. The predicted molar refractivity (Wildman–Crippen MR) is 114 cm³/mol. The Morgan fingerprint density at radius 3 is 2.48 bits per heavy atom. The van der Waals surface area contributed by atoms with Crippen molar-refractivity contribution < 1.29 is 22.8 Å². The van der Waals surface area contributed by atoms with E-state index in [9.17, 15) is 22.8 Å². The zero-order chi connectivity index (χ0) is 23.8. The Morgan fingerprint density at radius 2 is 1.79 bits per heavy atom. The molecule has 3 heterocycles. The number of hydrogen-bond donors (Lipinski definition) is 2. The molecule has 0 saturated heterocycles. The van der Waals surface area contributed by atoms with Gasteiger partial charge in [-0.2, -0.15) is 18.3 Å². The van der Waals surface area contributed by atoms with Crippen molar-refractivity contribution in [3.63, 3.8) is 0 Å². The Bertz CT molecular complexity index is 1100. The van der Waals surface area contributed by atoms with E-state index in [1.165, 1.54) is 18.4 Å². The van der Waals surface area contributed by atoms with Crippen molar-refractivity contribution in [3.8, 4) is 0 Å². The quantitative estimate of drug-likeness (QED) is 0.453. The van der Waals surface area contributed by atoms with E-state index < -0.39 is 17.6 Å². The second-order valence-electron chi connectivity index (χ2n) is 6.96. The van der Waals surface area contributed by atoms with Gasteiger partial charge in [0.1, 0.15) is 5.01 Å². The number of pyridine rings is 1. The molecule has 0 aliphatic heterocycles. The molecule has 0 radical (unpaired) electrons. The third-order valence-electron chi connectivity index (χ3n) is 4.43. The van der Waals surface area contributed by atoms with E-state index >= 15 is 0 Å². The van der Waals surface area contributed by atoms with Crippen LogP contribution in [0.5, 0.6) is 0 Å². The van der Waals surface area contributed by atoms with Crippen LogP contribution in [-0.4, -0.2) is 44.2 Å². The number of aryl methyl sites for hydroxylation is 2. The van der Waals surface area contributed by atoms with E-state index in [4.69, 9.17) is 0 Å². The van der Waals surface area contributed by atoms with Crippen molar-refractivity contribution in [1.29, 1.82) is 0 Å². The number of amides is 2. The molecule has 13 heteroatoms. The number of alkyl halides is 3. The number of carbonyl (C=O) groups is 2. The number of hydrogen-bond acceptors (Lipinski definition) is 8. The van der Waals surface area contributed by atoms with Gasteiger partial charge in [0, 0.05) is 19.7 Å². The van der Waals surface area contributed by atoms with Crippen LogP contribution in [0.1, 0.15) is 44.6 Å². The van der Waals surface area contributed by atoms with E-state index in [0.29, 0.717) is 17.8 Å². The van der Waals surface area contributed by atoms with Crippen LogP contribution < -0.4 is 10.6 Å². The molecule has 3 aromatic heterocycles. The topological polar surface area (TPSA) is 123 Å². The molecule has 0 saturated carbocycles. The van der Waals surface area contributed by atoms with Gasteiger partial charge in [-0.3, -0.25) is 14.6 Å². The van der Waals surface area contributed by atoms with Crippen LogP contribution in [0.25, 0.3) is 0 Å². The van der Waals surface area contributed by atoms with Crippen LogP contribution in [0.15, 0.2) is 30.5 Å². The summed E-state index contributed by atoms with van der Waals surface area (Å²) in [6, 6.07) is 5.00. The lowest BCUT2D eigenvalue weighted by molar-refractivity contribution is -0.137. The summed E-state index contributed by atoms with van der Waals surface area (Å²) in [5.41, 5.74) is -0.122. The molecule has 174 valence electrons. The summed E-state index contributed by atoms with van der Waals surface area (Å²) in [7, 11) is 1.54. The molecule has 0 aromatic carbocycles. The van der Waals surface area contributed by atoms with Crippen LogP contribution in [0.4, 0.5) is 19.0 Å². The lowest BCUT2D eigenvalue weighted by atomic mass is 10.1. The molecule has 0 spiro atoms. The van der Waals surface area contributed by atoms with Gasteiger partial charge in [-0.15, -0.1) is 15.3 Å². The first-order valence-corrected chi connectivity index (χ1v) is 10.8. The summed E-state index contributed by atoms with van der Waals surface area (Å²) in [6.07, 6.45) is -0.799. The molecular weight excluding hydrogens is 459 g/mol. The smallest absolute Gasteiger partial charge is 0.353 e. The van der Waals surface area contributed by atoms with E-state index in [2.05, 4.69) is 36.0 Å². The van der Waals surface area contributed by atoms with E-state index in [1.807, 2.05) is 0 Å². The van der Waals surface area contributed by atoms with E-state index in [0.717, 1.165) is 41.9 Å². The van der Waals surface area contributed by atoms with Gasteiger partial charge in [-0.05, 0) is 43.5 Å².